The monoisotopic (exact) mass is 258 g/mol. The van der Waals surface area contributed by atoms with E-state index in [1.807, 2.05) is 6.92 Å². The summed E-state index contributed by atoms with van der Waals surface area (Å²) in [5.41, 5.74) is 9.73. The lowest BCUT2D eigenvalue weighted by molar-refractivity contribution is 0.470. The average Bonchev–Trinajstić information content (AvgIpc) is 3.09. The van der Waals surface area contributed by atoms with Crippen LogP contribution in [-0.4, -0.2) is 29.6 Å². The van der Waals surface area contributed by atoms with Gasteiger partial charge in [0, 0.05) is 6.54 Å². The SMILES string of the molecule is Cc1nc2ccc(CCNCC3(CN)CC3)cc2[nH]1. The smallest absolute Gasteiger partial charge is 0.104 e. The molecule has 1 heterocycles. The van der Waals surface area contributed by atoms with Crippen LogP contribution in [0, 0.1) is 12.3 Å². The Hall–Kier alpha value is -1.39. The number of benzene rings is 1. The molecule has 1 fully saturated rings. The van der Waals surface area contributed by atoms with E-state index in [1.165, 1.54) is 18.4 Å². The van der Waals surface area contributed by atoms with Gasteiger partial charge in [-0.25, -0.2) is 4.98 Å². The van der Waals surface area contributed by atoms with E-state index < -0.39 is 0 Å². The van der Waals surface area contributed by atoms with E-state index in [-0.39, 0.29) is 0 Å². The number of rotatable bonds is 6. The van der Waals surface area contributed by atoms with E-state index in [4.69, 9.17) is 5.73 Å². The third-order valence-corrected chi connectivity index (χ3v) is 4.15. The van der Waals surface area contributed by atoms with Crippen LogP contribution in [0.15, 0.2) is 18.2 Å². The van der Waals surface area contributed by atoms with Crippen LogP contribution in [0.4, 0.5) is 0 Å². The molecule has 2 aromatic rings. The van der Waals surface area contributed by atoms with Crippen molar-refractivity contribution in [3.63, 3.8) is 0 Å². The van der Waals surface area contributed by atoms with Gasteiger partial charge >= 0.3 is 0 Å². The first-order valence-electron chi connectivity index (χ1n) is 7.07. The maximum atomic E-state index is 5.78. The van der Waals surface area contributed by atoms with Crippen LogP contribution < -0.4 is 11.1 Å². The highest BCUT2D eigenvalue weighted by atomic mass is 14.9. The van der Waals surface area contributed by atoms with Crippen LogP contribution in [0.5, 0.6) is 0 Å². The lowest BCUT2D eigenvalue weighted by Crippen LogP contribution is -2.30. The second-order valence-corrected chi connectivity index (χ2v) is 5.80. The zero-order valence-electron chi connectivity index (χ0n) is 11.5. The second-order valence-electron chi connectivity index (χ2n) is 5.80. The van der Waals surface area contributed by atoms with Crippen LogP contribution >= 0.6 is 0 Å². The molecular formula is C15H22N4. The number of hydrogen-bond donors (Lipinski definition) is 3. The molecule has 0 aliphatic heterocycles. The van der Waals surface area contributed by atoms with E-state index in [0.717, 1.165) is 42.9 Å². The highest BCUT2D eigenvalue weighted by molar-refractivity contribution is 5.75. The summed E-state index contributed by atoms with van der Waals surface area (Å²) in [5, 5.41) is 3.54. The highest BCUT2D eigenvalue weighted by Gasteiger charge is 2.40. The average molecular weight is 258 g/mol. The molecule has 1 aromatic carbocycles. The van der Waals surface area contributed by atoms with E-state index in [9.17, 15) is 0 Å². The molecule has 4 N–H and O–H groups in total. The van der Waals surface area contributed by atoms with Gasteiger partial charge in [-0.3, -0.25) is 0 Å². The standard InChI is InChI=1S/C15H22N4/c1-11-18-13-3-2-12(8-14(13)19-11)4-7-17-10-15(9-16)5-6-15/h2-3,8,17H,4-7,9-10,16H2,1H3,(H,18,19). The number of hydrogen-bond acceptors (Lipinski definition) is 3. The Kier molecular flexibility index (Phi) is 3.29. The van der Waals surface area contributed by atoms with Gasteiger partial charge in [-0.05, 0) is 62.4 Å². The van der Waals surface area contributed by atoms with Gasteiger partial charge in [0.2, 0.25) is 0 Å². The zero-order chi connectivity index (χ0) is 13.3. The Balaban J connectivity index is 1.53. The van der Waals surface area contributed by atoms with Gasteiger partial charge in [-0.1, -0.05) is 6.07 Å². The number of aryl methyl sites for hydroxylation is 1. The minimum Gasteiger partial charge on any atom is -0.342 e. The number of imidazole rings is 1. The summed E-state index contributed by atoms with van der Waals surface area (Å²) >= 11 is 0. The minimum absolute atomic E-state index is 0.421. The van der Waals surface area contributed by atoms with Crippen molar-refractivity contribution >= 4 is 11.0 Å². The molecule has 3 rings (SSSR count). The normalized spacial score (nSPS) is 16.9. The summed E-state index contributed by atoms with van der Waals surface area (Å²) in [6, 6.07) is 6.46. The molecule has 19 heavy (non-hydrogen) atoms. The molecule has 1 aliphatic rings. The Morgan fingerprint density at radius 2 is 2.26 bits per heavy atom. The van der Waals surface area contributed by atoms with E-state index in [1.54, 1.807) is 0 Å². The first kappa shape index (κ1) is 12.6. The summed E-state index contributed by atoms with van der Waals surface area (Å²) in [6.07, 6.45) is 3.63. The Morgan fingerprint density at radius 3 is 3.00 bits per heavy atom. The van der Waals surface area contributed by atoms with Crippen molar-refractivity contribution in [2.75, 3.05) is 19.6 Å². The largest absolute Gasteiger partial charge is 0.342 e. The van der Waals surface area contributed by atoms with Crippen molar-refractivity contribution in [2.24, 2.45) is 11.1 Å². The van der Waals surface area contributed by atoms with Crippen LogP contribution in [0.25, 0.3) is 11.0 Å². The molecule has 4 heteroatoms. The molecule has 4 nitrogen and oxygen atoms in total. The first-order chi connectivity index (χ1) is 9.21. The van der Waals surface area contributed by atoms with Gasteiger partial charge in [0.25, 0.3) is 0 Å². The van der Waals surface area contributed by atoms with Gasteiger partial charge in [-0.2, -0.15) is 0 Å². The van der Waals surface area contributed by atoms with E-state index in [2.05, 4.69) is 33.5 Å². The molecular weight excluding hydrogens is 236 g/mol. The quantitative estimate of drug-likeness (QED) is 0.691. The summed E-state index contributed by atoms with van der Waals surface area (Å²) in [5.74, 6) is 0.976. The predicted molar refractivity (Wildman–Crippen MR) is 78.1 cm³/mol. The molecule has 1 aromatic heterocycles. The van der Waals surface area contributed by atoms with Crippen LogP contribution in [0.2, 0.25) is 0 Å². The van der Waals surface area contributed by atoms with Crippen molar-refractivity contribution in [3.05, 3.63) is 29.6 Å². The van der Waals surface area contributed by atoms with Crippen LogP contribution in [-0.2, 0) is 6.42 Å². The lowest BCUT2D eigenvalue weighted by Gasteiger charge is -2.13. The molecule has 1 saturated carbocycles. The third kappa shape index (κ3) is 2.80. The van der Waals surface area contributed by atoms with E-state index >= 15 is 0 Å². The maximum absolute atomic E-state index is 5.78. The van der Waals surface area contributed by atoms with Gasteiger partial charge in [0.05, 0.1) is 11.0 Å². The second kappa shape index (κ2) is 4.94. The number of fused-ring (bicyclic) bond motifs is 1. The van der Waals surface area contributed by atoms with Gasteiger partial charge in [0.1, 0.15) is 5.82 Å². The third-order valence-electron chi connectivity index (χ3n) is 4.15. The van der Waals surface area contributed by atoms with Gasteiger partial charge in [-0.15, -0.1) is 0 Å². The number of nitrogens with one attached hydrogen (secondary N) is 2. The summed E-state index contributed by atoms with van der Waals surface area (Å²) < 4.78 is 0. The van der Waals surface area contributed by atoms with Crippen LogP contribution in [0.1, 0.15) is 24.2 Å². The fraction of sp³-hybridized carbons (Fsp3) is 0.533. The Labute approximate surface area is 113 Å². The molecule has 0 spiro atoms. The van der Waals surface area contributed by atoms with Crippen LogP contribution in [0.3, 0.4) is 0 Å². The van der Waals surface area contributed by atoms with Crippen molar-refractivity contribution in [1.82, 2.24) is 15.3 Å². The first-order valence-corrected chi connectivity index (χ1v) is 7.07. The lowest BCUT2D eigenvalue weighted by atomic mass is 10.1. The molecule has 0 unspecified atom stereocenters. The molecule has 0 bridgehead atoms. The predicted octanol–water partition coefficient (Wildman–Crippen LogP) is 1.74. The Morgan fingerprint density at radius 1 is 1.42 bits per heavy atom. The molecule has 0 radical (unpaired) electrons. The molecule has 1 aliphatic carbocycles. The van der Waals surface area contributed by atoms with Crippen molar-refractivity contribution in [1.29, 1.82) is 0 Å². The van der Waals surface area contributed by atoms with Gasteiger partial charge in [0.15, 0.2) is 0 Å². The zero-order valence-corrected chi connectivity index (χ0v) is 11.5. The molecule has 0 amide bonds. The summed E-state index contributed by atoms with van der Waals surface area (Å²) in [4.78, 5) is 7.70. The van der Waals surface area contributed by atoms with E-state index in [0.29, 0.717) is 5.41 Å². The summed E-state index contributed by atoms with van der Waals surface area (Å²) in [6.45, 7) is 4.89. The van der Waals surface area contributed by atoms with Gasteiger partial charge < -0.3 is 16.0 Å². The van der Waals surface area contributed by atoms with Crippen molar-refractivity contribution in [3.8, 4) is 0 Å². The number of nitrogens with zero attached hydrogens (tertiary/aromatic N) is 1. The number of nitrogens with two attached hydrogens (primary N) is 1. The molecule has 0 saturated heterocycles. The fourth-order valence-corrected chi connectivity index (χ4v) is 2.56. The number of H-pyrrole nitrogens is 1. The number of aromatic amines is 1. The fourth-order valence-electron chi connectivity index (χ4n) is 2.56. The molecule has 102 valence electrons. The van der Waals surface area contributed by atoms with Crippen molar-refractivity contribution in [2.45, 2.75) is 26.2 Å². The highest BCUT2D eigenvalue weighted by Crippen LogP contribution is 2.43. The van der Waals surface area contributed by atoms with Crippen molar-refractivity contribution < 1.29 is 0 Å². The Bertz CT molecular complexity index is 569. The topological polar surface area (TPSA) is 66.7 Å². The maximum Gasteiger partial charge on any atom is 0.104 e. The molecule has 0 atom stereocenters. The number of aromatic nitrogens is 2. The minimum atomic E-state index is 0.421. The summed E-state index contributed by atoms with van der Waals surface area (Å²) in [7, 11) is 0.